The zero-order valence-electron chi connectivity index (χ0n) is 8.64. The summed E-state index contributed by atoms with van der Waals surface area (Å²) < 4.78 is 0. The zero-order chi connectivity index (χ0) is 11.7. The lowest BCUT2D eigenvalue weighted by atomic mass is 10.1. The van der Waals surface area contributed by atoms with Crippen LogP contribution >= 0.6 is 12.2 Å². The van der Waals surface area contributed by atoms with Gasteiger partial charge in [-0.05, 0) is 17.8 Å². The molecule has 0 bridgehead atoms. The molecule has 2 amide bonds. The highest BCUT2D eigenvalue weighted by molar-refractivity contribution is 7.80. The number of carbonyl (C=O) groups is 2. The van der Waals surface area contributed by atoms with E-state index >= 15 is 0 Å². The van der Waals surface area contributed by atoms with E-state index in [1.807, 2.05) is 18.2 Å². The third-order valence-electron chi connectivity index (χ3n) is 2.41. The fraction of sp³-hybridized carbons (Fsp3) is 0.182. The van der Waals surface area contributed by atoms with Crippen LogP contribution in [0.2, 0.25) is 0 Å². The second-order valence-electron chi connectivity index (χ2n) is 3.50. The molecule has 2 rings (SSSR count). The largest absolute Gasteiger partial charge is 0.301 e. The summed E-state index contributed by atoms with van der Waals surface area (Å²) in [5.41, 5.74) is 0.759. The number of carbonyl (C=O) groups excluding carboxylic acids is 2. The molecular formula is C11H10N2O2S. The van der Waals surface area contributed by atoms with Crippen LogP contribution < -0.4 is 5.32 Å². The third kappa shape index (κ3) is 1.69. The molecule has 0 spiro atoms. The standard InChI is InChI=1S/C11H10N2O2S/c1-7(14)13-9(10(15)12-11(13)16)8-5-3-2-4-6-8/h2-6,9H,1H3,(H,12,15,16)/t9-/m0/s1. The average Bonchev–Trinajstić information content (AvgIpc) is 2.55. The summed E-state index contributed by atoms with van der Waals surface area (Å²) in [5, 5.41) is 2.67. The van der Waals surface area contributed by atoms with Crippen molar-refractivity contribution in [2.45, 2.75) is 13.0 Å². The van der Waals surface area contributed by atoms with E-state index in [0.717, 1.165) is 5.56 Å². The smallest absolute Gasteiger partial charge is 0.254 e. The van der Waals surface area contributed by atoms with Crippen molar-refractivity contribution in [3.05, 3.63) is 35.9 Å². The molecule has 1 atom stereocenters. The molecule has 0 unspecified atom stereocenters. The summed E-state index contributed by atoms with van der Waals surface area (Å²) in [6.45, 7) is 1.39. The Bertz CT molecular complexity index is 458. The first-order valence-corrected chi connectivity index (χ1v) is 5.21. The predicted molar refractivity (Wildman–Crippen MR) is 62.4 cm³/mol. The van der Waals surface area contributed by atoms with Gasteiger partial charge in [-0.2, -0.15) is 0 Å². The van der Waals surface area contributed by atoms with E-state index in [2.05, 4.69) is 5.32 Å². The first-order chi connectivity index (χ1) is 7.61. The minimum absolute atomic E-state index is 0.173. The molecule has 1 aromatic carbocycles. The molecule has 1 saturated heterocycles. The Morgan fingerprint density at radius 1 is 1.38 bits per heavy atom. The van der Waals surface area contributed by atoms with Gasteiger partial charge in [-0.15, -0.1) is 0 Å². The van der Waals surface area contributed by atoms with E-state index in [-0.39, 0.29) is 16.9 Å². The lowest BCUT2D eigenvalue weighted by Gasteiger charge is -2.19. The van der Waals surface area contributed by atoms with Crippen molar-refractivity contribution in [1.82, 2.24) is 10.2 Å². The van der Waals surface area contributed by atoms with E-state index in [1.54, 1.807) is 12.1 Å². The maximum Gasteiger partial charge on any atom is 0.254 e. The molecule has 1 aliphatic heterocycles. The van der Waals surface area contributed by atoms with Crippen molar-refractivity contribution in [2.75, 3.05) is 0 Å². The Morgan fingerprint density at radius 3 is 2.56 bits per heavy atom. The molecule has 1 heterocycles. The second kappa shape index (κ2) is 4.02. The number of hydrogen-bond acceptors (Lipinski definition) is 3. The topological polar surface area (TPSA) is 49.4 Å². The summed E-state index contributed by atoms with van der Waals surface area (Å²) in [5.74, 6) is -0.497. The van der Waals surface area contributed by atoms with E-state index in [1.165, 1.54) is 11.8 Å². The highest BCUT2D eigenvalue weighted by Crippen LogP contribution is 2.25. The van der Waals surface area contributed by atoms with Crippen LogP contribution in [0.25, 0.3) is 0 Å². The van der Waals surface area contributed by atoms with Crippen molar-refractivity contribution in [2.24, 2.45) is 0 Å². The van der Waals surface area contributed by atoms with Crippen LogP contribution in [0, 0.1) is 0 Å². The number of rotatable bonds is 1. The van der Waals surface area contributed by atoms with Gasteiger partial charge in [0.15, 0.2) is 5.11 Å². The number of benzene rings is 1. The van der Waals surface area contributed by atoms with Gasteiger partial charge >= 0.3 is 0 Å². The fourth-order valence-corrected chi connectivity index (χ4v) is 2.06. The highest BCUT2D eigenvalue weighted by atomic mass is 32.1. The molecule has 1 N–H and O–H groups in total. The van der Waals surface area contributed by atoms with Crippen molar-refractivity contribution < 1.29 is 9.59 Å². The minimum Gasteiger partial charge on any atom is -0.301 e. The molecular weight excluding hydrogens is 224 g/mol. The summed E-state index contributed by atoms with van der Waals surface area (Å²) in [7, 11) is 0. The van der Waals surface area contributed by atoms with Gasteiger partial charge in [0.25, 0.3) is 5.91 Å². The van der Waals surface area contributed by atoms with Gasteiger partial charge in [-0.25, -0.2) is 0 Å². The molecule has 1 fully saturated rings. The number of thiocarbonyl (C=S) groups is 1. The minimum atomic E-state index is -0.633. The second-order valence-corrected chi connectivity index (χ2v) is 3.88. The van der Waals surface area contributed by atoms with E-state index in [0.29, 0.717) is 0 Å². The van der Waals surface area contributed by atoms with Crippen LogP contribution in [-0.2, 0) is 9.59 Å². The predicted octanol–water partition coefficient (Wildman–Crippen LogP) is 0.991. The van der Waals surface area contributed by atoms with E-state index in [4.69, 9.17) is 12.2 Å². The van der Waals surface area contributed by atoms with Gasteiger partial charge in [0.2, 0.25) is 5.91 Å². The normalized spacial score (nSPS) is 19.8. The van der Waals surface area contributed by atoms with Gasteiger partial charge in [-0.3, -0.25) is 14.5 Å². The molecule has 5 heteroatoms. The molecule has 0 radical (unpaired) electrons. The maximum atomic E-state index is 11.7. The molecule has 0 aromatic heterocycles. The number of hydrogen-bond donors (Lipinski definition) is 1. The van der Waals surface area contributed by atoms with E-state index in [9.17, 15) is 9.59 Å². The molecule has 0 aliphatic carbocycles. The van der Waals surface area contributed by atoms with Crippen molar-refractivity contribution in [3.8, 4) is 0 Å². The maximum absolute atomic E-state index is 11.7. The first kappa shape index (κ1) is 10.8. The van der Waals surface area contributed by atoms with Gasteiger partial charge in [-0.1, -0.05) is 30.3 Å². The average molecular weight is 234 g/mol. The van der Waals surface area contributed by atoms with Crippen LogP contribution in [0.4, 0.5) is 0 Å². The third-order valence-corrected chi connectivity index (χ3v) is 2.71. The fourth-order valence-electron chi connectivity index (χ4n) is 1.73. The van der Waals surface area contributed by atoms with Crippen LogP contribution in [0.15, 0.2) is 30.3 Å². The summed E-state index contributed by atoms with van der Waals surface area (Å²) in [6.07, 6.45) is 0. The Labute approximate surface area is 98.2 Å². The summed E-state index contributed by atoms with van der Waals surface area (Å²) in [6, 6.07) is 8.46. The van der Waals surface area contributed by atoms with Gasteiger partial charge < -0.3 is 5.32 Å². The zero-order valence-corrected chi connectivity index (χ0v) is 9.45. The molecule has 82 valence electrons. The first-order valence-electron chi connectivity index (χ1n) is 4.81. The lowest BCUT2D eigenvalue weighted by molar-refractivity contribution is -0.131. The van der Waals surface area contributed by atoms with Crippen molar-refractivity contribution >= 4 is 29.1 Å². The Kier molecular flexibility index (Phi) is 2.70. The molecule has 16 heavy (non-hydrogen) atoms. The molecule has 1 aliphatic rings. The van der Waals surface area contributed by atoms with Gasteiger partial charge in [0.1, 0.15) is 6.04 Å². The number of amides is 2. The molecule has 4 nitrogen and oxygen atoms in total. The quantitative estimate of drug-likeness (QED) is 0.737. The van der Waals surface area contributed by atoms with Crippen LogP contribution in [0.3, 0.4) is 0 Å². The molecule has 1 aromatic rings. The number of nitrogens with zero attached hydrogens (tertiary/aromatic N) is 1. The Morgan fingerprint density at radius 2 is 2.00 bits per heavy atom. The monoisotopic (exact) mass is 234 g/mol. The summed E-state index contributed by atoms with van der Waals surface area (Å²) >= 11 is 4.94. The Hall–Kier alpha value is -1.75. The van der Waals surface area contributed by atoms with Crippen LogP contribution in [-0.4, -0.2) is 21.8 Å². The SMILES string of the molecule is CC(=O)N1C(=S)NC(=O)[C@@H]1c1ccccc1. The summed E-state index contributed by atoms with van der Waals surface area (Å²) in [4.78, 5) is 24.4. The number of nitrogens with one attached hydrogen (secondary N) is 1. The van der Waals surface area contributed by atoms with Crippen LogP contribution in [0.1, 0.15) is 18.5 Å². The van der Waals surface area contributed by atoms with Crippen molar-refractivity contribution in [1.29, 1.82) is 0 Å². The van der Waals surface area contributed by atoms with Gasteiger partial charge in [0.05, 0.1) is 0 Å². The lowest BCUT2D eigenvalue weighted by Crippen LogP contribution is -2.33. The Balaban J connectivity index is 2.42. The van der Waals surface area contributed by atoms with Crippen molar-refractivity contribution in [3.63, 3.8) is 0 Å². The highest BCUT2D eigenvalue weighted by Gasteiger charge is 2.39. The molecule has 0 saturated carbocycles. The van der Waals surface area contributed by atoms with E-state index < -0.39 is 6.04 Å². The van der Waals surface area contributed by atoms with Gasteiger partial charge in [0, 0.05) is 6.92 Å². The van der Waals surface area contributed by atoms with Crippen LogP contribution in [0.5, 0.6) is 0 Å².